The van der Waals surface area contributed by atoms with Crippen LogP contribution in [0.3, 0.4) is 0 Å². The third-order valence-electron chi connectivity index (χ3n) is 4.05. The number of hydrogen-bond acceptors (Lipinski definition) is 7. The van der Waals surface area contributed by atoms with Crippen molar-refractivity contribution in [2.75, 3.05) is 11.9 Å². The molecule has 1 N–H and O–H groups in total. The quantitative estimate of drug-likeness (QED) is 0.387. The van der Waals surface area contributed by atoms with Gasteiger partial charge in [-0.05, 0) is 55.5 Å². The van der Waals surface area contributed by atoms with Crippen LogP contribution in [0.2, 0.25) is 5.02 Å². The first-order chi connectivity index (χ1) is 15.1. The molecule has 31 heavy (non-hydrogen) atoms. The van der Waals surface area contributed by atoms with E-state index in [0.717, 1.165) is 5.75 Å². The van der Waals surface area contributed by atoms with E-state index in [-0.39, 0.29) is 5.69 Å². The molecule has 4 rings (SSSR count). The highest BCUT2D eigenvalue weighted by Gasteiger charge is 2.16. The van der Waals surface area contributed by atoms with E-state index < -0.39 is 5.91 Å². The molecule has 0 aliphatic heterocycles. The van der Waals surface area contributed by atoms with Crippen molar-refractivity contribution < 1.29 is 14.3 Å². The zero-order valence-corrected chi connectivity index (χ0v) is 18.0. The highest BCUT2D eigenvalue weighted by Crippen LogP contribution is 2.33. The van der Waals surface area contributed by atoms with Crippen LogP contribution in [0.25, 0.3) is 10.8 Å². The molecule has 0 spiro atoms. The number of carbonyl (C=O) groups excluding carboxylic acids is 1. The van der Waals surface area contributed by atoms with Gasteiger partial charge in [-0.2, -0.15) is 0 Å². The Morgan fingerprint density at radius 2 is 1.84 bits per heavy atom. The molecule has 0 aliphatic carbocycles. The van der Waals surface area contributed by atoms with Crippen molar-refractivity contribution >= 4 is 34.5 Å². The lowest BCUT2D eigenvalue weighted by Gasteiger charge is -2.13. The summed E-state index contributed by atoms with van der Waals surface area (Å²) in [5, 5.41) is 5.49. The predicted octanol–water partition coefficient (Wildman–Crippen LogP) is 5.70. The molecule has 156 valence electrons. The molecular weight excluding hydrogens is 436 g/mol. The Labute approximate surface area is 187 Å². The normalized spacial score (nSPS) is 10.5. The van der Waals surface area contributed by atoms with E-state index in [0.29, 0.717) is 39.6 Å². The van der Waals surface area contributed by atoms with Gasteiger partial charge in [0.25, 0.3) is 5.91 Å². The molecule has 2 aromatic carbocycles. The van der Waals surface area contributed by atoms with E-state index >= 15 is 0 Å². The Kier molecular flexibility index (Phi) is 6.40. The molecule has 0 fully saturated rings. The first-order valence-electron chi connectivity index (χ1n) is 9.37. The van der Waals surface area contributed by atoms with Gasteiger partial charge in [0.1, 0.15) is 17.2 Å². The number of carbonyl (C=O) groups is 1. The van der Waals surface area contributed by atoms with Gasteiger partial charge >= 0.3 is 0 Å². The molecule has 2 aromatic heterocycles. The van der Waals surface area contributed by atoms with Crippen molar-refractivity contribution in [3.05, 3.63) is 77.0 Å². The maximum Gasteiger partial charge on any atom is 0.275 e. The summed E-state index contributed by atoms with van der Waals surface area (Å²) < 4.78 is 11.4. The largest absolute Gasteiger partial charge is 0.494 e. The minimum atomic E-state index is -0.391. The number of ether oxygens (including phenoxy) is 2. The first-order valence-corrected chi connectivity index (χ1v) is 10.6. The molecule has 0 saturated carbocycles. The van der Waals surface area contributed by atoms with Crippen LogP contribution < -0.4 is 14.8 Å². The van der Waals surface area contributed by atoms with Crippen LogP contribution in [0.5, 0.6) is 17.2 Å². The van der Waals surface area contributed by atoms with Crippen molar-refractivity contribution in [2.45, 2.75) is 6.92 Å². The van der Waals surface area contributed by atoms with E-state index in [1.165, 1.54) is 11.3 Å². The predicted molar refractivity (Wildman–Crippen MR) is 120 cm³/mol. The molecule has 2 heterocycles. The highest BCUT2D eigenvalue weighted by atomic mass is 35.5. The fraction of sp³-hybridized carbons (Fsp3) is 0.0909. The summed E-state index contributed by atoms with van der Waals surface area (Å²) in [7, 11) is 0. The molecule has 0 saturated heterocycles. The lowest BCUT2D eigenvalue weighted by Crippen LogP contribution is -2.13. The van der Waals surface area contributed by atoms with Crippen LogP contribution in [0.1, 0.15) is 17.4 Å². The van der Waals surface area contributed by atoms with E-state index in [1.54, 1.807) is 54.2 Å². The maximum absolute atomic E-state index is 12.8. The molecule has 4 aromatic rings. The third-order valence-corrected chi connectivity index (χ3v) is 5.12. The summed E-state index contributed by atoms with van der Waals surface area (Å²) >= 11 is 7.43. The molecule has 0 atom stereocenters. The van der Waals surface area contributed by atoms with Crippen molar-refractivity contribution in [3.8, 4) is 28.1 Å². The molecule has 7 nitrogen and oxygen atoms in total. The number of thiazole rings is 1. The maximum atomic E-state index is 12.8. The van der Waals surface area contributed by atoms with Crippen LogP contribution in [0.4, 0.5) is 5.69 Å². The van der Waals surface area contributed by atoms with Crippen LogP contribution in [0, 0.1) is 0 Å². The minimum absolute atomic E-state index is 0.249. The number of anilines is 1. The number of aromatic nitrogens is 3. The number of amides is 1. The lowest BCUT2D eigenvalue weighted by atomic mass is 10.2. The summed E-state index contributed by atoms with van der Waals surface area (Å²) in [6.07, 6.45) is 3.25. The number of benzene rings is 2. The van der Waals surface area contributed by atoms with Gasteiger partial charge in [0, 0.05) is 22.8 Å². The minimum Gasteiger partial charge on any atom is -0.494 e. The number of rotatable bonds is 7. The first kappa shape index (κ1) is 20.8. The van der Waals surface area contributed by atoms with Gasteiger partial charge in [-0.25, -0.2) is 15.0 Å². The molecule has 0 radical (unpaired) electrons. The van der Waals surface area contributed by atoms with Gasteiger partial charge < -0.3 is 14.8 Å². The Bertz CT molecular complexity index is 1180. The summed E-state index contributed by atoms with van der Waals surface area (Å²) in [4.78, 5) is 25.4. The summed E-state index contributed by atoms with van der Waals surface area (Å²) in [6, 6.07) is 13.9. The summed E-state index contributed by atoms with van der Waals surface area (Å²) in [5.41, 5.74) is 0.677. The second-order valence-corrected chi connectivity index (χ2v) is 7.51. The average molecular weight is 453 g/mol. The zero-order chi connectivity index (χ0) is 21.6. The van der Waals surface area contributed by atoms with Gasteiger partial charge in [-0.15, -0.1) is 11.3 Å². The Hall–Kier alpha value is -3.49. The van der Waals surface area contributed by atoms with Crippen LogP contribution in [-0.4, -0.2) is 27.5 Å². The van der Waals surface area contributed by atoms with Gasteiger partial charge in [0.05, 0.1) is 12.3 Å². The van der Waals surface area contributed by atoms with E-state index in [4.69, 9.17) is 21.1 Å². The molecule has 9 heteroatoms. The van der Waals surface area contributed by atoms with Crippen LogP contribution >= 0.6 is 22.9 Å². The van der Waals surface area contributed by atoms with Gasteiger partial charge in [-0.3, -0.25) is 4.79 Å². The second kappa shape index (κ2) is 9.55. The topological polar surface area (TPSA) is 86.2 Å². The molecule has 0 bridgehead atoms. The molecule has 1 amide bonds. The number of hydrogen-bond donors (Lipinski definition) is 1. The van der Waals surface area contributed by atoms with Gasteiger partial charge in [0.15, 0.2) is 16.6 Å². The summed E-state index contributed by atoms with van der Waals surface area (Å²) in [6.45, 7) is 2.51. The average Bonchev–Trinajstić information content (AvgIpc) is 3.28. The van der Waals surface area contributed by atoms with Gasteiger partial charge in [0.2, 0.25) is 0 Å². The van der Waals surface area contributed by atoms with Crippen molar-refractivity contribution in [2.24, 2.45) is 0 Å². The number of nitrogens with zero attached hydrogens (tertiary/aromatic N) is 3. The van der Waals surface area contributed by atoms with E-state index in [9.17, 15) is 4.79 Å². The highest BCUT2D eigenvalue weighted by molar-refractivity contribution is 7.13. The molecule has 0 unspecified atom stereocenters. The van der Waals surface area contributed by atoms with Crippen LogP contribution in [0.15, 0.2) is 66.3 Å². The van der Waals surface area contributed by atoms with E-state index in [2.05, 4.69) is 20.3 Å². The Morgan fingerprint density at radius 3 is 2.58 bits per heavy atom. The zero-order valence-electron chi connectivity index (χ0n) is 16.4. The number of nitrogens with one attached hydrogen (secondary N) is 1. The molecular formula is C22H17ClN4O3S. The van der Waals surface area contributed by atoms with Crippen LogP contribution in [-0.2, 0) is 0 Å². The Balaban J connectivity index is 1.52. The smallest absolute Gasteiger partial charge is 0.275 e. The second-order valence-electron chi connectivity index (χ2n) is 6.21. The number of halogens is 1. The fourth-order valence-corrected chi connectivity index (χ4v) is 3.58. The van der Waals surface area contributed by atoms with E-state index in [1.807, 2.05) is 19.1 Å². The SMILES string of the molecule is CCOc1ccc(Oc2ccc(Cl)cc2NC(=O)c2csc(-c3ncccn3)n2)cc1. The van der Waals surface area contributed by atoms with Crippen molar-refractivity contribution in [1.29, 1.82) is 0 Å². The third kappa shape index (κ3) is 5.17. The van der Waals surface area contributed by atoms with Crippen molar-refractivity contribution in [1.82, 2.24) is 15.0 Å². The monoisotopic (exact) mass is 452 g/mol. The molecule has 0 aliphatic rings. The fourth-order valence-electron chi connectivity index (χ4n) is 2.66. The van der Waals surface area contributed by atoms with Gasteiger partial charge in [-0.1, -0.05) is 11.6 Å². The summed E-state index contributed by atoms with van der Waals surface area (Å²) in [5.74, 6) is 1.87. The Morgan fingerprint density at radius 1 is 1.10 bits per heavy atom. The lowest BCUT2D eigenvalue weighted by molar-refractivity contribution is 0.102. The van der Waals surface area contributed by atoms with Crippen molar-refractivity contribution in [3.63, 3.8) is 0 Å². The standard InChI is InChI=1S/C22H17ClN4O3S/c1-2-29-15-5-7-16(8-6-15)30-19-9-4-14(23)12-17(19)26-21(28)18-13-31-22(27-18)20-24-10-3-11-25-20/h3-13H,2H2,1H3,(H,26,28).